The van der Waals surface area contributed by atoms with E-state index in [-0.39, 0.29) is 11.1 Å². The normalized spacial score (nSPS) is 11.0. The Morgan fingerprint density at radius 2 is 1.86 bits per heavy atom. The Kier molecular flexibility index (Phi) is 2.97. The lowest BCUT2D eigenvalue weighted by Gasteiger charge is -2.08. The van der Waals surface area contributed by atoms with E-state index in [1.54, 1.807) is 32.0 Å². The maximum Gasteiger partial charge on any atom is 0.262 e. The number of aryl methyl sites for hydroxylation is 2. The number of aromatic amines is 1. The van der Waals surface area contributed by atoms with Crippen molar-refractivity contribution in [2.75, 3.05) is 0 Å². The van der Waals surface area contributed by atoms with E-state index in [9.17, 15) is 14.3 Å². The summed E-state index contributed by atoms with van der Waals surface area (Å²) in [4.78, 5) is 18.9. The molecule has 106 valence electrons. The van der Waals surface area contributed by atoms with Crippen LogP contribution < -0.4 is 5.56 Å². The average molecular weight is 284 g/mol. The van der Waals surface area contributed by atoms with E-state index in [0.29, 0.717) is 28.0 Å². The molecule has 1 aromatic heterocycles. The number of aromatic nitrogens is 2. The minimum absolute atomic E-state index is 0.0477. The molecule has 0 aliphatic heterocycles. The first-order valence-corrected chi connectivity index (χ1v) is 6.46. The first kappa shape index (κ1) is 13.3. The van der Waals surface area contributed by atoms with Crippen molar-refractivity contribution in [1.29, 1.82) is 0 Å². The molecule has 3 aromatic rings. The highest BCUT2D eigenvalue weighted by atomic mass is 19.1. The largest absolute Gasteiger partial charge is 0.507 e. The van der Waals surface area contributed by atoms with Crippen LogP contribution in [0.3, 0.4) is 0 Å². The van der Waals surface area contributed by atoms with Crippen LogP contribution in [0.5, 0.6) is 5.75 Å². The number of nitrogens with zero attached hydrogens (tertiary/aromatic N) is 1. The smallest absolute Gasteiger partial charge is 0.262 e. The number of rotatable bonds is 1. The van der Waals surface area contributed by atoms with Gasteiger partial charge in [0.05, 0.1) is 5.52 Å². The minimum atomic E-state index is -0.592. The van der Waals surface area contributed by atoms with Gasteiger partial charge in [-0.15, -0.1) is 0 Å². The number of phenols is 1. The van der Waals surface area contributed by atoms with Crippen LogP contribution in [0.2, 0.25) is 0 Å². The van der Waals surface area contributed by atoms with E-state index in [1.165, 1.54) is 12.1 Å². The zero-order valence-corrected chi connectivity index (χ0v) is 11.6. The molecule has 2 N–H and O–H groups in total. The zero-order valence-electron chi connectivity index (χ0n) is 11.6. The fourth-order valence-corrected chi connectivity index (χ4v) is 2.38. The number of hydrogen-bond donors (Lipinski definition) is 2. The second kappa shape index (κ2) is 4.70. The Balaban J connectivity index is 2.30. The van der Waals surface area contributed by atoms with E-state index in [1.807, 2.05) is 0 Å². The summed E-state index contributed by atoms with van der Waals surface area (Å²) in [6.07, 6.45) is 0. The number of hydrogen-bond acceptors (Lipinski definition) is 3. The van der Waals surface area contributed by atoms with Gasteiger partial charge in [-0.3, -0.25) is 4.79 Å². The van der Waals surface area contributed by atoms with Crippen LogP contribution in [0.25, 0.3) is 22.3 Å². The Labute approximate surface area is 119 Å². The van der Waals surface area contributed by atoms with Crippen molar-refractivity contribution in [2.24, 2.45) is 0 Å². The van der Waals surface area contributed by atoms with E-state index in [0.717, 1.165) is 0 Å². The molecule has 0 spiro atoms. The van der Waals surface area contributed by atoms with E-state index in [4.69, 9.17) is 0 Å². The van der Waals surface area contributed by atoms with Gasteiger partial charge in [0.2, 0.25) is 0 Å². The zero-order chi connectivity index (χ0) is 15.1. The second-order valence-corrected chi connectivity index (χ2v) is 5.01. The second-order valence-electron chi connectivity index (χ2n) is 5.01. The molecular formula is C16H13FN2O2. The van der Waals surface area contributed by atoms with Gasteiger partial charge in [0.25, 0.3) is 5.56 Å². The van der Waals surface area contributed by atoms with Crippen molar-refractivity contribution in [2.45, 2.75) is 13.8 Å². The number of halogens is 1. The van der Waals surface area contributed by atoms with Gasteiger partial charge in [-0.2, -0.15) is 0 Å². The Morgan fingerprint density at radius 3 is 2.52 bits per heavy atom. The monoisotopic (exact) mass is 284 g/mol. The van der Waals surface area contributed by atoms with Crippen molar-refractivity contribution in [3.05, 3.63) is 57.6 Å². The molecular weight excluding hydrogens is 271 g/mol. The maximum atomic E-state index is 13.7. The van der Waals surface area contributed by atoms with Crippen LogP contribution in [0, 0.1) is 19.7 Å². The summed E-state index contributed by atoms with van der Waals surface area (Å²) in [5, 5.41) is 9.75. The fourth-order valence-electron chi connectivity index (χ4n) is 2.38. The number of fused-ring (bicyclic) bond motifs is 1. The Morgan fingerprint density at radius 1 is 1.19 bits per heavy atom. The third-order valence-electron chi connectivity index (χ3n) is 3.45. The molecule has 2 aromatic carbocycles. The Hall–Kier alpha value is -2.69. The fraction of sp³-hybridized carbons (Fsp3) is 0.125. The first-order valence-electron chi connectivity index (χ1n) is 6.46. The lowest BCUT2D eigenvalue weighted by Crippen LogP contribution is -2.11. The van der Waals surface area contributed by atoms with Crippen molar-refractivity contribution < 1.29 is 9.50 Å². The van der Waals surface area contributed by atoms with Gasteiger partial charge in [0, 0.05) is 5.56 Å². The standard InChI is InChI=1S/C16H13FN2O2/c1-8-6-10(7-9(2)14(8)20)15-18-12-5-3-4-11(17)13(12)16(21)19-15/h3-7,20H,1-2H3,(H,18,19,21). The Bertz CT molecular complexity index is 893. The van der Waals surface area contributed by atoms with Crippen molar-refractivity contribution in [1.82, 2.24) is 9.97 Å². The first-order chi connectivity index (χ1) is 9.97. The summed E-state index contributed by atoms with van der Waals surface area (Å²) >= 11 is 0. The van der Waals surface area contributed by atoms with Crippen LogP contribution >= 0.6 is 0 Å². The topological polar surface area (TPSA) is 66.0 Å². The van der Waals surface area contributed by atoms with Gasteiger partial charge < -0.3 is 10.1 Å². The molecule has 0 aliphatic rings. The molecule has 3 rings (SSSR count). The maximum absolute atomic E-state index is 13.7. The molecule has 4 nitrogen and oxygen atoms in total. The molecule has 0 bridgehead atoms. The van der Waals surface area contributed by atoms with Crippen molar-refractivity contribution >= 4 is 10.9 Å². The molecule has 5 heteroatoms. The molecule has 1 heterocycles. The van der Waals surface area contributed by atoms with Gasteiger partial charge in [-0.05, 0) is 49.2 Å². The van der Waals surface area contributed by atoms with Crippen molar-refractivity contribution in [3.63, 3.8) is 0 Å². The number of benzene rings is 2. The average Bonchev–Trinajstić information content (AvgIpc) is 2.44. The lowest BCUT2D eigenvalue weighted by atomic mass is 10.1. The predicted molar refractivity (Wildman–Crippen MR) is 78.9 cm³/mol. The highest BCUT2D eigenvalue weighted by Gasteiger charge is 2.11. The summed E-state index contributed by atoms with van der Waals surface area (Å²) in [5.74, 6) is -0.0249. The van der Waals surface area contributed by atoms with Gasteiger partial charge in [0.15, 0.2) is 0 Å². The molecule has 0 amide bonds. The summed E-state index contributed by atoms with van der Waals surface area (Å²) < 4.78 is 13.7. The predicted octanol–water partition coefficient (Wildman–Crippen LogP) is 3.05. The summed E-state index contributed by atoms with van der Waals surface area (Å²) in [6.45, 7) is 3.54. The number of nitrogens with one attached hydrogen (secondary N) is 1. The molecule has 0 aliphatic carbocycles. The van der Waals surface area contributed by atoms with E-state index >= 15 is 0 Å². The van der Waals surface area contributed by atoms with Gasteiger partial charge in [-0.25, -0.2) is 9.37 Å². The molecule has 0 fully saturated rings. The van der Waals surface area contributed by atoms with Crippen LogP contribution in [-0.4, -0.2) is 15.1 Å². The summed E-state index contributed by atoms with van der Waals surface area (Å²) in [6, 6.07) is 7.80. The van der Waals surface area contributed by atoms with Crippen LogP contribution in [0.15, 0.2) is 35.1 Å². The van der Waals surface area contributed by atoms with Crippen LogP contribution in [0.4, 0.5) is 4.39 Å². The van der Waals surface area contributed by atoms with Gasteiger partial charge in [-0.1, -0.05) is 6.07 Å². The highest BCUT2D eigenvalue weighted by molar-refractivity contribution is 5.80. The molecule has 0 unspecified atom stereocenters. The van der Waals surface area contributed by atoms with Crippen molar-refractivity contribution in [3.8, 4) is 17.1 Å². The molecule has 0 radical (unpaired) electrons. The quantitative estimate of drug-likeness (QED) is 0.721. The molecule has 0 saturated heterocycles. The highest BCUT2D eigenvalue weighted by Crippen LogP contribution is 2.27. The van der Waals surface area contributed by atoms with Gasteiger partial charge in [0.1, 0.15) is 22.8 Å². The van der Waals surface area contributed by atoms with E-state index in [2.05, 4.69) is 9.97 Å². The SMILES string of the molecule is Cc1cc(-c2nc3cccc(F)c3c(=O)[nH]2)cc(C)c1O. The molecule has 0 saturated carbocycles. The van der Waals surface area contributed by atoms with E-state index < -0.39 is 11.4 Å². The number of aromatic hydroxyl groups is 1. The summed E-state index contributed by atoms with van der Waals surface area (Å²) in [5.41, 5.74) is 1.83. The lowest BCUT2D eigenvalue weighted by molar-refractivity contribution is 0.467. The van der Waals surface area contributed by atoms with Crippen LogP contribution in [0.1, 0.15) is 11.1 Å². The third kappa shape index (κ3) is 2.16. The molecule has 0 atom stereocenters. The van der Waals surface area contributed by atoms with Gasteiger partial charge >= 0.3 is 0 Å². The third-order valence-corrected chi connectivity index (χ3v) is 3.45. The van der Waals surface area contributed by atoms with Crippen LogP contribution in [-0.2, 0) is 0 Å². The number of phenolic OH excluding ortho intramolecular Hbond substituents is 1. The number of H-pyrrole nitrogens is 1. The minimum Gasteiger partial charge on any atom is -0.507 e. The summed E-state index contributed by atoms with van der Waals surface area (Å²) in [7, 11) is 0. The molecule has 21 heavy (non-hydrogen) atoms.